The fourth-order valence-electron chi connectivity index (χ4n) is 2.46. The number of nitrogens with one attached hydrogen (secondary N) is 2. The Hall–Kier alpha value is -2.93. The fraction of sp³-hybridized carbons (Fsp3) is 0.364. The van der Waals surface area contributed by atoms with Crippen molar-refractivity contribution in [2.24, 2.45) is 0 Å². The van der Waals surface area contributed by atoms with Gasteiger partial charge >= 0.3 is 6.09 Å². The molecule has 0 saturated heterocycles. The summed E-state index contributed by atoms with van der Waals surface area (Å²) in [4.78, 5) is 24.9. The van der Waals surface area contributed by atoms with Crippen molar-refractivity contribution in [3.05, 3.63) is 65.5 Å². The summed E-state index contributed by atoms with van der Waals surface area (Å²) in [6.45, 7) is 6.94. The van der Waals surface area contributed by atoms with Gasteiger partial charge in [-0.25, -0.2) is 9.18 Å². The predicted molar refractivity (Wildman–Crippen MR) is 109 cm³/mol. The van der Waals surface area contributed by atoms with Gasteiger partial charge in [-0.05, 0) is 45.4 Å². The summed E-state index contributed by atoms with van der Waals surface area (Å²) in [5.41, 5.74) is 0.857. The van der Waals surface area contributed by atoms with Crippen LogP contribution < -0.4 is 10.6 Å². The standard InChI is InChI=1S/C22H27FN2O4/c1-15-17(23)11-8-12-18(15)24-20(26)19(25-21(27)29-22(2,3)4)14-28-13-16-9-6-5-7-10-16/h5-12,19H,13-14H2,1-4H3,(H,24,26)(H,25,27). The molecule has 0 aliphatic rings. The zero-order valence-electron chi connectivity index (χ0n) is 17.1. The van der Waals surface area contributed by atoms with Gasteiger partial charge in [0.1, 0.15) is 17.5 Å². The lowest BCUT2D eigenvalue weighted by Crippen LogP contribution is -2.48. The van der Waals surface area contributed by atoms with E-state index in [9.17, 15) is 14.0 Å². The second-order valence-corrected chi connectivity index (χ2v) is 7.60. The maximum atomic E-state index is 13.8. The third-order valence-electron chi connectivity index (χ3n) is 3.93. The molecule has 0 spiro atoms. The molecule has 6 nitrogen and oxygen atoms in total. The molecule has 1 unspecified atom stereocenters. The summed E-state index contributed by atoms with van der Waals surface area (Å²) < 4.78 is 24.6. The van der Waals surface area contributed by atoms with Gasteiger partial charge in [0.05, 0.1) is 13.2 Å². The minimum atomic E-state index is -1.02. The van der Waals surface area contributed by atoms with Gasteiger partial charge in [-0.15, -0.1) is 0 Å². The molecule has 2 aromatic rings. The first-order chi connectivity index (χ1) is 13.7. The number of carbonyl (C=O) groups is 2. The highest BCUT2D eigenvalue weighted by Gasteiger charge is 2.25. The van der Waals surface area contributed by atoms with Crippen LogP contribution in [0.25, 0.3) is 0 Å². The molecule has 0 saturated carbocycles. The second kappa shape index (κ2) is 10.0. The lowest BCUT2D eigenvalue weighted by molar-refractivity contribution is -0.119. The molecule has 2 aromatic carbocycles. The maximum Gasteiger partial charge on any atom is 0.408 e. The van der Waals surface area contributed by atoms with Crippen LogP contribution in [0.15, 0.2) is 48.5 Å². The highest BCUT2D eigenvalue weighted by molar-refractivity contribution is 5.97. The van der Waals surface area contributed by atoms with Crippen LogP contribution in [0.1, 0.15) is 31.9 Å². The van der Waals surface area contributed by atoms with Gasteiger partial charge in [0, 0.05) is 11.3 Å². The molecule has 0 fully saturated rings. The first-order valence-electron chi connectivity index (χ1n) is 9.33. The number of rotatable bonds is 7. The van der Waals surface area contributed by atoms with Gasteiger partial charge in [0.25, 0.3) is 0 Å². The van der Waals surface area contributed by atoms with Crippen LogP contribution in [0.5, 0.6) is 0 Å². The van der Waals surface area contributed by atoms with Crippen LogP contribution in [-0.2, 0) is 20.9 Å². The average Bonchev–Trinajstić information content (AvgIpc) is 2.64. The minimum Gasteiger partial charge on any atom is -0.444 e. The van der Waals surface area contributed by atoms with Crippen molar-refractivity contribution < 1.29 is 23.5 Å². The Morgan fingerprint density at radius 2 is 1.76 bits per heavy atom. The van der Waals surface area contributed by atoms with Crippen LogP contribution in [0, 0.1) is 12.7 Å². The Labute approximate surface area is 170 Å². The Bertz CT molecular complexity index is 834. The van der Waals surface area contributed by atoms with Crippen LogP contribution >= 0.6 is 0 Å². The number of carbonyl (C=O) groups excluding carboxylic acids is 2. The van der Waals surface area contributed by atoms with Crippen molar-refractivity contribution in [1.82, 2.24) is 5.32 Å². The SMILES string of the molecule is Cc1c(F)cccc1NC(=O)C(COCc1ccccc1)NC(=O)OC(C)(C)C. The fourth-order valence-corrected chi connectivity index (χ4v) is 2.46. The quantitative estimate of drug-likeness (QED) is 0.728. The lowest BCUT2D eigenvalue weighted by Gasteiger charge is -2.23. The number of hydrogen-bond acceptors (Lipinski definition) is 4. The maximum absolute atomic E-state index is 13.8. The summed E-state index contributed by atoms with van der Waals surface area (Å²) in [6.07, 6.45) is -0.739. The van der Waals surface area contributed by atoms with E-state index < -0.39 is 29.5 Å². The van der Waals surface area contributed by atoms with E-state index in [1.165, 1.54) is 12.1 Å². The zero-order valence-corrected chi connectivity index (χ0v) is 17.1. The monoisotopic (exact) mass is 402 g/mol. The van der Waals surface area contributed by atoms with Gasteiger partial charge in [0.15, 0.2) is 0 Å². The van der Waals surface area contributed by atoms with Crippen LogP contribution in [0.3, 0.4) is 0 Å². The Kier molecular flexibility index (Phi) is 7.73. The van der Waals surface area contributed by atoms with Gasteiger partial charge < -0.3 is 20.1 Å². The molecule has 7 heteroatoms. The van der Waals surface area contributed by atoms with E-state index >= 15 is 0 Å². The Balaban J connectivity index is 2.06. The van der Waals surface area contributed by atoms with Crippen LogP contribution in [0.4, 0.5) is 14.9 Å². The summed E-state index contributed by atoms with van der Waals surface area (Å²) >= 11 is 0. The van der Waals surface area contributed by atoms with E-state index in [0.717, 1.165) is 5.56 Å². The third-order valence-corrected chi connectivity index (χ3v) is 3.93. The van der Waals surface area contributed by atoms with E-state index in [1.54, 1.807) is 33.8 Å². The molecule has 156 valence electrons. The smallest absolute Gasteiger partial charge is 0.408 e. The summed E-state index contributed by atoms with van der Waals surface area (Å²) in [5, 5.41) is 5.16. The third kappa shape index (κ3) is 7.54. The highest BCUT2D eigenvalue weighted by atomic mass is 19.1. The molecule has 2 N–H and O–H groups in total. The number of amides is 2. The molecule has 2 amide bonds. The lowest BCUT2D eigenvalue weighted by atomic mass is 10.1. The molecule has 0 aliphatic carbocycles. The molecule has 0 bridgehead atoms. The van der Waals surface area contributed by atoms with E-state index in [1.807, 2.05) is 30.3 Å². The molecule has 1 atom stereocenters. The number of hydrogen-bond donors (Lipinski definition) is 2. The average molecular weight is 402 g/mol. The van der Waals surface area contributed by atoms with Gasteiger partial charge in [-0.1, -0.05) is 36.4 Å². The normalized spacial score (nSPS) is 12.2. The Morgan fingerprint density at radius 1 is 1.07 bits per heavy atom. The van der Waals surface area contributed by atoms with E-state index in [2.05, 4.69) is 10.6 Å². The van der Waals surface area contributed by atoms with Crippen molar-refractivity contribution in [2.45, 2.75) is 45.9 Å². The molecular formula is C22H27FN2O4. The summed E-state index contributed by atoms with van der Waals surface area (Å²) in [5.74, 6) is -0.961. The largest absolute Gasteiger partial charge is 0.444 e. The van der Waals surface area contributed by atoms with E-state index in [0.29, 0.717) is 11.3 Å². The first-order valence-corrected chi connectivity index (χ1v) is 9.33. The van der Waals surface area contributed by atoms with Crippen molar-refractivity contribution in [2.75, 3.05) is 11.9 Å². The molecule has 0 aliphatic heterocycles. The number of anilines is 1. The van der Waals surface area contributed by atoms with Crippen molar-refractivity contribution in [3.8, 4) is 0 Å². The second-order valence-electron chi connectivity index (χ2n) is 7.60. The zero-order chi connectivity index (χ0) is 21.4. The van der Waals surface area contributed by atoms with E-state index in [4.69, 9.17) is 9.47 Å². The molecule has 0 aromatic heterocycles. The molecule has 2 rings (SSSR count). The topological polar surface area (TPSA) is 76.7 Å². The number of benzene rings is 2. The molecular weight excluding hydrogens is 375 g/mol. The summed E-state index contributed by atoms with van der Waals surface area (Å²) in [7, 11) is 0. The number of ether oxygens (including phenoxy) is 2. The molecule has 0 heterocycles. The molecule has 29 heavy (non-hydrogen) atoms. The highest BCUT2D eigenvalue weighted by Crippen LogP contribution is 2.18. The Morgan fingerprint density at radius 3 is 2.41 bits per heavy atom. The van der Waals surface area contributed by atoms with Crippen LogP contribution in [-0.4, -0.2) is 30.3 Å². The van der Waals surface area contributed by atoms with Gasteiger partial charge in [0.2, 0.25) is 5.91 Å². The van der Waals surface area contributed by atoms with E-state index in [-0.39, 0.29) is 13.2 Å². The van der Waals surface area contributed by atoms with Crippen molar-refractivity contribution >= 4 is 17.7 Å². The first kappa shape index (κ1) is 22.4. The summed E-state index contributed by atoms with van der Waals surface area (Å²) in [6, 6.07) is 12.8. The van der Waals surface area contributed by atoms with Crippen LogP contribution in [0.2, 0.25) is 0 Å². The van der Waals surface area contributed by atoms with Crippen molar-refractivity contribution in [1.29, 1.82) is 0 Å². The van der Waals surface area contributed by atoms with Crippen molar-refractivity contribution in [3.63, 3.8) is 0 Å². The van der Waals surface area contributed by atoms with Gasteiger partial charge in [-0.2, -0.15) is 0 Å². The predicted octanol–water partition coefficient (Wildman–Crippen LogP) is 4.18. The van der Waals surface area contributed by atoms with Gasteiger partial charge in [-0.3, -0.25) is 4.79 Å². The molecule has 0 radical (unpaired) electrons. The number of alkyl carbamates (subject to hydrolysis) is 1. The number of halogens is 1. The minimum absolute atomic E-state index is 0.0751.